The van der Waals surface area contributed by atoms with Gasteiger partial charge in [-0.2, -0.15) is 0 Å². The van der Waals surface area contributed by atoms with E-state index in [4.69, 9.17) is 0 Å². The second-order valence-electron chi connectivity index (χ2n) is 5.69. The smallest absolute Gasteiger partial charge is 0.238 e. The van der Waals surface area contributed by atoms with E-state index in [1.54, 1.807) is 18.2 Å². The van der Waals surface area contributed by atoms with Gasteiger partial charge in [0.2, 0.25) is 5.91 Å². The summed E-state index contributed by atoms with van der Waals surface area (Å²) in [5, 5.41) is 6.12. The number of carbonyl (C=O) groups is 1. The summed E-state index contributed by atoms with van der Waals surface area (Å²) in [6, 6.07) is 6.77. The predicted octanol–water partition coefficient (Wildman–Crippen LogP) is 2.08. The molecule has 0 aromatic heterocycles. The number of hydrogen-bond donors (Lipinski definition) is 2. The van der Waals surface area contributed by atoms with Gasteiger partial charge in [0.15, 0.2) is 0 Å². The maximum absolute atomic E-state index is 13.5. The van der Waals surface area contributed by atoms with Gasteiger partial charge in [0.25, 0.3) is 0 Å². The highest BCUT2D eigenvalue weighted by atomic mass is 19.1. The number of likely N-dealkylation sites (tertiary alicyclic amines) is 1. The molecule has 21 heavy (non-hydrogen) atoms. The van der Waals surface area contributed by atoms with Crippen molar-refractivity contribution in [3.8, 4) is 0 Å². The molecule has 1 aliphatic rings. The van der Waals surface area contributed by atoms with Gasteiger partial charge in [-0.15, -0.1) is 0 Å². The number of para-hydroxylation sites is 1. The molecule has 2 unspecified atom stereocenters. The second-order valence-corrected chi connectivity index (χ2v) is 5.69. The lowest BCUT2D eigenvalue weighted by molar-refractivity contribution is -0.117. The Morgan fingerprint density at radius 1 is 1.43 bits per heavy atom. The molecule has 1 aromatic rings. The van der Waals surface area contributed by atoms with Crippen molar-refractivity contribution in [2.75, 3.05) is 31.5 Å². The molecule has 1 amide bonds. The number of hydrogen-bond acceptors (Lipinski definition) is 3. The van der Waals surface area contributed by atoms with Crippen LogP contribution >= 0.6 is 0 Å². The van der Waals surface area contributed by atoms with E-state index in [-0.39, 0.29) is 11.6 Å². The van der Waals surface area contributed by atoms with Gasteiger partial charge in [-0.3, -0.25) is 9.69 Å². The van der Waals surface area contributed by atoms with Crippen LogP contribution in [0.5, 0.6) is 0 Å². The Balaban J connectivity index is 1.83. The van der Waals surface area contributed by atoms with Gasteiger partial charge in [-0.25, -0.2) is 4.39 Å². The minimum atomic E-state index is -0.398. The molecular formula is C16H24FN3O. The molecule has 2 N–H and O–H groups in total. The molecule has 0 saturated carbocycles. The normalized spacial score (nSPS) is 23.0. The highest BCUT2D eigenvalue weighted by Crippen LogP contribution is 2.17. The van der Waals surface area contributed by atoms with E-state index in [0.717, 1.165) is 26.1 Å². The van der Waals surface area contributed by atoms with Crippen LogP contribution in [0.2, 0.25) is 0 Å². The van der Waals surface area contributed by atoms with E-state index >= 15 is 0 Å². The molecular weight excluding hydrogens is 269 g/mol. The molecule has 0 radical (unpaired) electrons. The number of halogens is 1. The standard InChI is InChI=1S/C16H24FN3O/c1-3-18-14-8-9-20(10-12(14)2)11-16(21)19-15-7-5-4-6-13(15)17/h4-7,12,14,18H,3,8-11H2,1-2H3,(H,19,21). The Morgan fingerprint density at radius 3 is 2.86 bits per heavy atom. The number of nitrogens with zero attached hydrogens (tertiary/aromatic N) is 1. The van der Waals surface area contributed by atoms with Crippen LogP contribution in [0, 0.1) is 11.7 Å². The van der Waals surface area contributed by atoms with Crippen molar-refractivity contribution in [1.29, 1.82) is 0 Å². The molecule has 5 heteroatoms. The summed E-state index contributed by atoms with van der Waals surface area (Å²) in [7, 11) is 0. The predicted molar refractivity (Wildman–Crippen MR) is 82.7 cm³/mol. The number of carbonyl (C=O) groups excluding carboxylic acids is 1. The van der Waals surface area contributed by atoms with Gasteiger partial charge >= 0.3 is 0 Å². The van der Waals surface area contributed by atoms with E-state index in [1.807, 2.05) is 0 Å². The van der Waals surface area contributed by atoms with E-state index in [1.165, 1.54) is 6.07 Å². The lowest BCUT2D eigenvalue weighted by Gasteiger charge is -2.36. The number of amides is 1. The summed E-state index contributed by atoms with van der Waals surface area (Å²) < 4.78 is 13.5. The Kier molecular flexibility index (Phi) is 5.70. The van der Waals surface area contributed by atoms with Crippen molar-refractivity contribution in [2.24, 2.45) is 5.92 Å². The molecule has 1 saturated heterocycles. The number of benzene rings is 1. The molecule has 2 rings (SSSR count). The largest absolute Gasteiger partial charge is 0.322 e. The molecule has 0 spiro atoms. The van der Waals surface area contributed by atoms with E-state index < -0.39 is 5.82 Å². The van der Waals surface area contributed by atoms with Gasteiger partial charge in [0.1, 0.15) is 5.82 Å². The van der Waals surface area contributed by atoms with Gasteiger partial charge in [0.05, 0.1) is 12.2 Å². The van der Waals surface area contributed by atoms with Crippen molar-refractivity contribution >= 4 is 11.6 Å². The zero-order valence-corrected chi connectivity index (χ0v) is 12.7. The first-order valence-corrected chi connectivity index (χ1v) is 7.60. The third kappa shape index (κ3) is 4.51. The van der Waals surface area contributed by atoms with E-state index in [9.17, 15) is 9.18 Å². The van der Waals surface area contributed by atoms with Crippen molar-refractivity contribution in [2.45, 2.75) is 26.3 Å². The van der Waals surface area contributed by atoms with E-state index in [0.29, 0.717) is 18.5 Å². The first kappa shape index (κ1) is 15.9. The number of rotatable bonds is 5. The summed E-state index contributed by atoms with van der Waals surface area (Å²) in [5.41, 5.74) is 0.248. The van der Waals surface area contributed by atoms with Crippen molar-refractivity contribution in [3.05, 3.63) is 30.1 Å². The van der Waals surface area contributed by atoms with Crippen molar-refractivity contribution in [3.63, 3.8) is 0 Å². The maximum atomic E-state index is 13.5. The highest BCUT2D eigenvalue weighted by Gasteiger charge is 2.26. The minimum absolute atomic E-state index is 0.158. The molecule has 1 aromatic carbocycles. The third-order valence-electron chi connectivity index (χ3n) is 3.97. The molecule has 0 aliphatic carbocycles. The Bertz CT molecular complexity index is 480. The number of anilines is 1. The fourth-order valence-electron chi connectivity index (χ4n) is 2.90. The Hall–Kier alpha value is -1.46. The first-order valence-electron chi connectivity index (χ1n) is 7.60. The monoisotopic (exact) mass is 293 g/mol. The maximum Gasteiger partial charge on any atom is 0.238 e. The van der Waals surface area contributed by atoms with Crippen LogP contribution in [0.25, 0.3) is 0 Å². The van der Waals surface area contributed by atoms with Crippen LogP contribution in [0.1, 0.15) is 20.3 Å². The lowest BCUT2D eigenvalue weighted by atomic mass is 9.94. The van der Waals surface area contributed by atoms with Gasteiger partial charge < -0.3 is 10.6 Å². The molecule has 0 bridgehead atoms. The van der Waals surface area contributed by atoms with Gasteiger partial charge in [0, 0.05) is 19.1 Å². The van der Waals surface area contributed by atoms with E-state index in [2.05, 4.69) is 29.4 Å². The van der Waals surface area contributed by atoms with Crippen LogP contribution in [0.4, 0.5) is 10.1 Å². The topological polar surface area (TPSA) is 44.4 Å². The van der Waals surface area contributed by atoms with Crippen LogP contribution in [-0.4, -0.2) is 43.0 Å². The van der Waals surface area contributed by atoms with Crippen LogP contribution in [0.15, 0.2) is 24.3 Å². The quantitative estimate of drug-likeness (QED) is 0.873. The summed E-state index contributed by atoms with van der Waals surface area (Å²) in [6.07, 6.45) is 1.04. The number of piperidine rings is 1. The molecule has 1 fully saturated rings. The van der Waals surface area contributed by atoms with Crippen LogP contribution < -0.4 is 10.6 Å². The summed E-state index contributed by atoms with van der Waals surface area (Å²) >= 11 is 0. The van der Waals surface area contributed by atoms with Crippen molar-refractivity contribution < 1.29 is 9.18 Å². The molecule has 1 heterocycles. The second kappa shape index (κ2) is 7.52. The van der Waals surface area contributed by atoms with Crippen LogP contribution in [-0.2, 0) is 4.79 Å². The zero-order valence-electron chi connectivity index (χ0n) is 12.7. The molecule has 116 valence electrons. The van der Waals surface area contributed by atoms with Crippen LogP contribution in [0.3, 0.4) is 0 Å². The molecule has 2 atom stereocenters. The minimum Gasteiger partial charge on any atom is -0.322 e. The fourth-order valence-corrected chi connectivity index (χ4v) is 2.90. The average Bonchev–Trinajstić information content (AvgIpc) is 2.44. The van der Waals surface area contributed by atoms with Crippen molar-refractivity contribution in [1.82, 2.24) is 10.2 Å². The summed E-state index contributed by atoms with van der Waals surface area (Å²) in [6.45, 7) is 7.39. The highest BCUT2D eigenvalue weighted by molar-refractivity contribution is 5.92. The van der Waals surface area contributed by atoms with Gasteiger partial charge in [-0.1, -0.05) is 26.0 Å². The summed E-state index contributed by atoms with van der Waals surface area (Å²) in [4.78, 5) is 14.1. The number of nitrogens with one attached hydrogen (secondary N) is 2. The first-order chi connectivity index (χ1) is 10.1. The Morgan fingerprint density at radius 2 is 2.19 bits per heavy atom. The average molecular weight is 293 g/mol. The molecule has 4 nitrogen and oxygen atoms in total. The van der Waals surface area contributed by atoms with Gasteiger partial charge in [-0.05, 0) is 31.0 Å². The third-order valence-corrected chi connectivity index (χ3v) is 3.97. The fraction of sp³-hybridized carbons (Fsp3) is 0.562. The summed E-state index contributed by atoms with van der Waals surface area (Å²) in [5.74, 6) is -0.0424. The SMILES string of the molecule is CCNC1CCN(CC(=O)Nc2ccccc2F)CC1C. The zero-order chi connectivity index (χ0) is 15.2. The Labute approximate surface area is 125 Å². The molecule has 1 aliphatic heterocycles. The lowest BCUT2D eigenvalue weighted by Crippen LogP contribution is -2.49.